The molecule has 1 aromatic rings. The molecule has 0 spiro atoms. The second-order valence-corrected chi connectivity index (χ2v) is 4.63. The van der Waals surface area contributed by atoms with E-state index in [-0.39, 0.29) is 0 Å². The Bertz CT molecular complexity index is 350. The first-order valence-corrected chi connectivity index (χ1v) is 6.19. The zero-order chi connectivity index (χ0) is 11.5. The van der Waals surface area contributed by atoms with Gasteiger partial charge in [-0.25, -0.2) is 0 Å². The molecule has 1 unspecified atom stereocenters. The Labute approximate surface area is 97.2 Å². The highest BCUT2D eigenvalue weighted by Crippen LogP contribution is 2.22. The van der Waals surface area contributed by atoms with Gasteiger partial charge in [0.2, 0.25) is 0 Å². The van der Waals surface area contributed by atoms with Gasteiger partial charge in [-0.3, -0.25) is 4.68 Å². The van der Waals surface area contributed by atoms with Gasteiger partial charge in [-0.2, -0.15) is 5.10 Å². The van der Waals surface area contributed by atoms with Gasteiger partial charge in [0.25, 0.3) is 0 Å². The average Bonchev–Trinajstić information content (AvgIpc) is 2.86. The molecule has 0 saturated carbocycles. The van der Waals surface area contributed by atoms with Gasteiger partial charge in [-0.1, -0.05) is 0 Å². The normalized spacial score (nSPS) is 20.6. The first kappa shape index (κ1) is 11.6. The van der Waals surface area contributed by atoms with E-state index < -0.39 is 0 Å². The van der Waals surface area contributed by atoms with Gasteiger partial charge in [0.15, 0.2) is 0 Å². The minimum Gasteiger partial charge on any atom is -0.330 e. The summed E-state index contributed by atoms with van der Waals surface area (Å²) in [6.45, 7) is 7.22. The van der Waals surface area contributed by atoms with Gasteiger partial charge in [0.05, 0.1) is 11.7 Å². The van der Waals surface area contributed by atoms with Gasteiger partial charge < -0.3 is 11.1 Å². The van der Waals surface area contributed by atoms with Crippen molar-refractivity contribution in [1.29, 1.82) is 0 Å². The van der Waals surface area contributed by atoms with Crippen molar-refractivity contribution in [3.8, 4) is 0 Å². The number of hydrogen-bond acceptors (Lipinski definition) is 3. The van der Waals surface area contributed by atoms with E-state index in [0.717, 1.165) is 32.5 Å². The maximum Gasteiger partial charge on any atom is 0.0658 e. The summed E-state index contributed by atoms with van der Waals surface area (Å²) in [4.78, 5) is 0. The number of aromatic nitrogens is 2. The fraction of sp³-hybridized carbons (Fsp3) is 0.750. The summed E-state index contributed by atoms with van der Waals surface area (Å²) in [5.74, 6) is 0. The summed E-state index contributed by atoms with van der Waals surface area (Å²) >= 11 is 0. The molecule has 4 nitrogen and oxygen atoms in total. The maximum absolute atomic E-state index is 5.57. The highest BCUT2D eigenvalue weighted by molar-refractivity contribution is 5.25. The van der Waals surface area contributed by atoms with Crippen LogP contribution < -0.4 is 11.1 Å². The Balaban J connectivity index is 2.19. The second kappa shape index (κ2) is 4.97. The summed E-state index contributed by atoms with van der Waals surface area (Å²) in [6, 6.07) is 0.547. The van der Waals surface area contributed by atoms with E-state index in [9.17, 15) is 0 Å². The monoisotopic (exact) mass is 222 g/mol. The van der Waals surface area contributed by atoms with Crippen LogP contribution in [0.2, 0.25) is 0 Å². The van der Waals surface area contributed by atoms with Crippen LogP contribution in [0.1, 0.15) is 35.8 Å². The number of nitrogens with one attached hydrogen (secondary N) is 1. The lowest BCUT2D eigenvalue weighted by molar-refractivity contribution is 0.476. The van der Waals surface area contributed by atoms with E-state index in [4.69, 9.17) is 5.73 Å². The van der Waals surface area contributed by atoms with Crippen molar-refractivity contribution in [2.24, 2.45) is 5.73 Å². The lowest BCUT2D eigenvalue weighted by atomic mass is 10.1. The van der Waals surface area contributed by atoms with E-state index in [2.05, 4.69) is 28.9 Å². The molecule has 1 aliphatic rings. The van der Waals surface area contributed by atoms with E-state index in [1.807, 2.05) is 0 Å². The van der Waals surface area contributed by atoms with Gasteiger partial charge in [0.1, 0.15) is 0 Å². The van der Waals surface area contributed by atoms with Crippen molar-refractivity contribution in [3.63, 3.8) is 0 Å². The largest absolute Gasteiger partial charge is 0.330 e. The molecule has 3 N–H and O–H groups in total. The lowest BCUT2D eigenvalue weighted by Crippen LogP contribution is -2.15. The van der Waals surface area contributed by atoms with Crippen LogP contribution in [-0.2, 0) is 6.42 Å². The van der Waals surface area contributed by atoms with Gasteiger partial charge in [0, 0.05) is 12.2 Å². The predicted molar refractivity (Wildman–Crippen MR) is 65.6 cm³/mol. The Kier molecular flexibility index (Phi) is 3.61. The molecule has 0 amide bonds. The maximum atomic E-state index is 5.57. The number of rotatable bonds is 4. The van der Waals surface area contributed by atoms with E-state index >= 15 is 0 Å². The van der Waals surface area contributed by atoms with Crippen molar-refractivity contribution < 1.29 is 0 Å². The zero-order valence-corrected chi connectivity index (χ0v) is 10.3. The topological polar surface area (TPSA) is 55.9 Å². The summed E-state index contributed by atoms with van der Waals surface area (Å²) < 4.78 is 2.21. The third-order valence-corrected chi connectivity index (χ3v) is 3.49. The van der Waals surface area contributed by atoms with Gasteiger partial charge in [-0.05, 0) is 51.8 Å². The van der Waals surface area contributed by atoms with Crippen LogP contribution in [0.15, 0.2) is 0 Å². The summed E-state index contributed by atoms with van der Waals surface area (Å²) in [6.07, 6.45) is 3.31. The van der Waals surface area contributed by atoms with Crippen molar-refractivity contribution in [2.75, 3.05) is 19.6 Å². The summed E-state index contributed by atoms with van der Waals surface area (Å²) in [5.41, 5.74) is 9.48. The molecule has 1 fully saturated rings. The van der Waals surface area contributed by atoms with E-state index in [0.29, 0.717) is 6.04 Å². The summed E-state index contributed by atoms with van der Waals surface area (Å²) in [5, 5.41) is 8.07. The Morgan fingerprint density at radius 3 is 2.94 bits per heavy atom. The Morgan fingerprint density at radius 2 is 2.31 bits per heavy atom. The van der Waals surface area contributed by atoms with Crippen LogP contribution in [0.25, 0.3) is 0 Å². The smallest absolute Gasteiger partial charge is 0.0658 e. The first-order valence-electron chi connectivity index (χ1n) is 6.19. The fourth-order valence-electron chi connectivity index (χ4n) is 2.54. The van der Waals surface area contributed by atoms with Gasteiger partial charge >= 0.3 is 0 Å². The standard InChI is InChI=1S/C12H22N4/c1-9-12(4-3-6-13)10(2)16(15-9)11-5-7-14-8-11/h11,14H,3-8,13H2,1-2H3. The molecule has 2 heterocycles. The van der Waals surface area contributed by atoms with Crippen LogP contribution >= 0.6 is 0 Å². The van der Waals surface area contributed by atoms with Crippen molar-refractivity contribution in [1.82, 2.24) is 15.1 Å². The molecule has 90 valence electrons. The van der Waals surface area contributed by atoms with Crippen molar-refractivity contribution in [3.05, 3.63) is 17.0 Å². The molecule has 0 aromatic carbocycles. The van der Waals surface area contributed by atoms with Crippen LogP contribution in [-0.4, -0.2) is 29.4 Å². The fourth-order valence-corrected chi connectivity index (χ4v) is 2.54. The number of nitrogens with zero attached hydrogens (tertiary/aromatic N) is 2. The molecule has 4 heteroatoms. The molecular weight excluding hydrogens is 200 g/mol. The third kappa shape index (κ3) is 2.13. The van der Waals surface area contributed by atoms with E-state index in [1.54, 1.807) is 0 Å². The highest BCUT2D eigenvalue weighted by atomic mass is 15.3. The number of nitrogens with two attached hydrogens (primary N) is 1. The molecular formula is C12H22N4. The molecule has 16 heavy (non-hydrogen) atoms. The number of aryl methyl sites for hydroxylation is 1. The minimum atomic E-state index is 0.547. The Hall–Kier alpha value is -0.870. The van der Waals surface area contributed by atoms with Crippen molar-refractivity contribution >= 4 is 0 Å². The van der Waals surface area contributed by atoms with Crippen molar-refractivity contribution in [2.45, 2.75) is 39.2 Å². The molecule has 1 atom stereocenters. The zero-order valence-electron chi connectivity index (χ0n) is 10.3. The van der Waals surface area contributed by atoms with E-state index in [1.165, 1.54) is 23.4 Å². The van der Waals surface area contributed by atoms with Crippen LogP contribution in [0.4, 0.5) is 0 Å². The first-order chi connectivity index (χ1) is 7.74. The SMILES string of the molecule is Cc1nn(C2CCNC2)c(C)c1CCCN. The molecule has 1 saturated heterocycles. The van der Waals surface area contributed by atoms with Crippen LogP contribution in [0, 0.1) is 13.8 Å². The third-order valence-electron chi connectivity index (χ3n) is 3.49. The molecule has 0 bridgehead atoms. The second-order valence-electron chi connectivity index (χ2n) is 4.63. The molecule has 0 aliphatic carbocycles. The van der Waals surface area contributed by atoms with Crippen LogP contribution in [0.5, 0.6) is 0 Å². The Morgan fingerprint density at radius 1 is 1.50 bits per heavy atom. The molecule has 1 aromatic heterocycles. The summed E-state index contributed by atoms with van der Waals surface area (Å²) in [7, 11) is 0. The van der Waals surface area contributed by atoms with Gasteiger partial charge in [-0.15, -0.1) is 0 Å². The molecule has 1 aliphatic heterocycles. The minimum absolute atomic E-state index is 0.547. The highest BCUT2D eigenvalue weighted by Gasteiger charge is 2.21. The van der Waals surface area contributed by atoms with Crippen LogP contribution in [0.3, 0.4) is 0 Å². The average molecular weight is 222 g/mol. The lowest BCUT2D eigenvalue weighted by Gasteiger charge is -2.11. The number of hydrogen-bond donors (Lipinski definition) is 2. The predicted octanol–water partition coefficient (Wildman–Crippen LogP) is 0.926. The molecule has 0 radical (unpaired) electrons. The molecule has 2 rings (SSSR count). The quantitative estimate of drug-likeness (QED) is 0.796.